The first-order valence-electron chi connectivity index (χ1n) is 5.58. The highest BCUT2D eigenvalue weighted by atomic mass is 79.9. The van der Waals surface area contributed by atoms with Crippen LogP contribution in [0.4, 0.5) is 0 Å². The second-order valence-electron chi connectivity index (χ2n) is 4.09. The molecule has 0 spiro atoms. The molecular weight excluding hydrogens is 290 g/mol. The summed E-state index contributed by atoms with van der Waals surface area (Å²) in [5, 5.41) is 1.12. The van der Waals surface area contributed by atoms with Gasteiger partial charge in [0.25, 0.3) is 0 Å². The molecule has 1 aromatic carbocycles. The molecule has 3 aromatic rings. The van der Waals surface area contributed by atoms with E-state index >= 15 is 0 Å². The van der Waals surface area contributed by atoms with Crippen molar-refractivity contribution in [3.8, 4) is 11.3 Å². The summed E-state index contributed by atoms with van der Waals surface area (Å²) in [5.41, 5.74) is 4.00. The summed E-state index contributed by atoms with van der Waals surface area (Å²) in [4.78, 5) is 12.8. The first-order chi connectivity index (χ1) is 8.72. The third-order valence-corrected chi connectivity index (χ3v) is 3.19. The largest absolute Gasteiger partial charge is 0.253 e. The van der Waals surface area contributed by atoms with Crippen molar-refractivity contribution in [3.63, 3.8) is 0 Å². The van der Waals surface area contributed by atoms with Gasteiger partial charge in [0.1, 0.15) is 10.9 Å². The average molecular weight is 300 g/mol. The quantitative estimate of drug-likeness (QED) is 0.642. The van der Waals surface area contributed by atoms with Gasteiger partial charge in [0.15, 0.2) is 0 Å². The number of aromatic nitrogens is 3. The molecule has 0 unspecified atom stereocenters. The number of benzene rings is 1. The Balaban J connectivity index is 2.16. The lowest BCUT2D eigenvalue weighted by molar-refractivity contribution is 1.14. The number of halogens is 1. The SMILES string of the molecule is Cc1ccc2cc(-c3cc(Br)ncn3)ccc2n1. The van der Waals surface area contributed by atoms with Crippen molar-refractivity contribution in [3.05, 3.63) is 53.0 Å². The van der Waals surface area contributed by atoms with Crippen molar-refractivity contribution < 1.29 is 0 Å². The highest BCUT2D eigenvalue weighted by Gasteiger charge is 2.03. The minimum absolute atomic E-state index is 0.787. The van der Waals surface area contributed by atoms with Crippen LogP contribution in [-0.4, -0.2) is 15.0 Å². The van der Waals surface area contributed by atoms with E-state index in [1.54, 1.807) is 6.33 Å². The zero-order chi connectivity index (χ0) is 12.5. The lowest BCUT2D eigenvalue weighted by Gasteiger charge is -2.03. The molecule has 3 rings (SSSR count). The number of pyridine rings is 1. The summed E-state index contributed by atoms with van der Waals surface area (Å²) < 4.78 is 0.787. The van der Waals surface area contributed by atoms with Crippen LogP contribution in [0.2, 0.25) is 0 Å². The van der Waals surface area contributed by atoms with Crippen LogP contribution >= 0.6 is 15.9 Å². The molecule has 88 valence electrons. The molecule has 0 aliphatic heterocycles. The van der Waals surface area contributed by atoms with Gasteiger partial charge in [-0.05, 0) is 47.1 Å². The second-order valence-corrected chi connectivity index (χ2v) is 4.90. The van der Waals surface area contributed by atoms with Gasteiger partial charge in [0.05, 0.1) is 11.2 Å². The molecule has 0 fully saturated rings. The lowest BCUT2D eigenvalue weighted by Crippen LogP contribution is -1.87. The Hall–Kier alpha value is -1.81. The van der Waals surface area contributed by atoms with E-state index in [1.807, 2.05) is 31.2 Å². The summed E-state index contributed by atoms with van der Waals surface area (Å²) in [6, 6.07) is 12.1. The average Bonchev–Trinajstić information content (AvgIpc) is 2.38. The van der Waals surface area contributed by atoms with Crippen LogP contribution in [-0.2, 0) is 0 Å². The maximum Gasteiger partial charge on any atom is 0.117 e. The topological polar surface area (TPSA) is 38.7 Å². The number of nitrogens with zero attached hydrogens (tertiary/aromatic N) is 3. The Labute approximate surface area is 113 Å². The molecule has 3 nitrogen and oxygen atoms in total. The first-order valence-corrected chi connectivity index (χ1v) is 6.37. The van der Waals surface area contributed by atoms with Gasteiger partial charge >= 0.3 is 0 Å². The Morgan fingerprint density at radius 3 is 2.72 bits per heavy atom. The van der Waals surface area contributed by atoms with E-state index in [4.69, 9.17) is 0 Å². The predicted octanol–water partition coefficient (Wildman–Crippen LogP) is 3.76. The van der Waals surface area contributed by atoms with Gasteiger partial charge in [-0.2, -0.15) is 0 Å². The number of hydrogen-bond donors (Lipinski definition) is 0. The van der Waals surface area contributed by atoms with Gasteiger partial charge in [0.2, 0.25) is 0 Å². The van der Waals surface area contributed by atoms with Crippen LogP contribution in [0, 0.1) is 6.92 Å². The molecule has 0 N–H and O–H groups in total. The summed E-state index contributed by atoms with van der Waals surface area (Å²) in [6.45, 7) is 1.99. The summed E-state index contributed by atoms with van der Waals surface area (Å²) in [7, 11) is 0. The Morgan fingerprint density at radius 1 is 1.00 bits per heavy atom. The van der Waals surface area contributed by atoms with Crippen LogP contribution < -0.4 is 0 Å². The molecule has 0 amide bonds. The van der Waals surface area contributed by atoms with Crippen molar-refractivity contribution in [2.75, 3.05) is 0 Å². The predicted molar refractivity (Wildman–Crippen MR) is 75.2 cm³/mol. The van der Waals surface area contributed by atoms with Crippen LogP contribution in [0.1, 0.15) is 5.69 Å². The van der Waals surface area contributed by atoms with Crippen LogP contribution in [0.25, 0.3) is 22.2 Å². The van der Waals surface area contributed by atoms with Crippen LogP contribution in [0.15, 0.2) is 47.3 Å². The molecule has 0 aliphatic carbocycles. The molecule has 2 heterocycles. The third-order valence-electron chi connectivity index (χ3n) is 2.76. The van der Waals surface area contributed by atoms with E-state index in [1.165, 1.54) is 0 Å². The molecule has 0 aliphatic rings. The summed E-state index contributed by atoms with van der Waals surface area (Å²) in [5.74, 6) is 0. The molecule has 0 saturated carbocycles. The lowest BCUT2D eigenvalue weighted by atomic mass is 10.1. The summed E-state index contributed by atoms with van der Waals surface area (Å²) >= 11 is 3.36. The zero-order valence-electron chi connectivity index (χ0n) is 9.76. The maximum absolute atomic E-state index is 4.49. The molecule has 18 heavy (non-hydrogen) atoms. The Kier molecular flexibility index (Phi) is 2.80. The van der Waals surface area contributed by atoms with Crippen molar-refractivity contribution >= 4 is 26.8 Å². The van der Waals surface area contributed by atoms with Gasteiger partial charge in [-0.3, -0.25) is 4.98 Å². The Morgan fingerprint density at radius 2 is 1.89 bits per heavy atom. The van der Waals surface area contributed by atoms with Gasteiger partial charge in [-0.25, -0.2) is 9.97 Å². The standard InChI is InChI=1S/C14H10BrN3/c1-9-2-3-10-6-11(4-5-12(10)18-9)13-7-14(15)17-8-16-13/h2-8H,1H3. The number of rotatable bonds is 1. The number of hydrogen-bond acceptors (Lipinski definition) is 3. The molecule has 0 bridgehead atoms. The van der Waals surface area contributed by atoms with E-state index in [2.05, 4.69) is 43.0 Å². The molecule has 0 atom stereocenters. The van der Waals surface area contributed by atoms with E-state index < -0.39 is 0 Å². The molecule has 4 heteroatoms. The molecule has 0 saturated heterocycles. The van der Waals surface area contributed by atoms with E-state index in [0.717, 1.165) is 32.5 Å². The number of aryl methyl sites for hydroxylation is 1. The maximum atomic E-state index is 4.49. The van der Waals surface area contributed by atoms with E-state index in [0.29, 0.717) is 0 Å². The monoisotopic (exact) mass is 299 g/mol. The molecule has 2 aromatic heterocycles. The second kappa shape index (κ2) is 4.46. The first kappa shape index (κ1) is 11.3. The van der Waals surface area contributed by atoms with Crippen molar-refractivity contribution in [2.24, 2.45) is 0 Å². The minimum atomic E-state index is 0.787. The zero-order valence-corrected chi connectivity index (χ0v) is 11.3. The minimum Gasteiger partial charge on any atom is -0.253 e. The highest BCUT2D eigenvalue weighted by molar-refractivity contribution is 9.10. The number of fused-ring (bicyclic) bond motifs is 1. The van der Waals surface area contributed by atoms with Gasteiger partial charge in [-0.15, -0.1) is 0 Å². The van der Waals surface area contributed by atoms with Gasteiger partial charge < -0.3 is 0 Å². The van der Waals surface area contributed by atoms with Crippen LogP contribution in [0.3, 0.4) is 0 Å². The van der Waals surface area contributed by atoms with Crippen LogP contribution in [0.5, 0.6) is 0 Å². The fraction of sp³-hybridized carbons (Fsp3) is 0.0714. The Bertz CT molecular complexity index is 725. The van der Waals surface area contributed by atoms with E-state index in [9.17, 15) is 0 Å². The van der Waals surface area contributed by atoms with Crippen molar-refractivity contribution in [1.29, 1.82) is 0 Å². The van der Waals surface area contributed by atoms with Gasteiger partial charge in [-0.1, -0.05) is 12.1 Å². The molecular formula is C14H10BrN3. The normalized spacial score (nSPS) is 10.8. The molecule has 0 radical (unpaired) electrons. The van der Waals surface area contributed by atoms with Crippen molar-refractivity contribution in [1.82, 2.24) is 15.0 Å². The third kappa shape index (κ3) is 2.11. The smallest absolute Gasteiger partial charge is 0.117 e. The highest BCUT2D eigenvalue weighted by Crippen LogP contribution is 2.23. The summed E-state index contributed by atoms with van der Waals surface area (Å²) in [6.07, 6.45) is 1.55. The van der Waals surface area contributed by atoms with Gasteiger partial charge in [0, 0.05) is 16.6 Å². The van der Waals surface area contributed by atoms with E-state index in [-0.39, 0.29) is 0 Å². The fourth-order valence-corrected chi connectivity index (χ4v) is 2.19. The van der Waals surface area contributed by atoms with Crippen molar-refractivity contribution in [2.45, 2.75) is 6.92 Å². The fourth-order valence-electron chi connectivity index (χ4n) is 1.88.